The first kappa shape index (κ1) is 19.5. The number of amides is 1. The van der Waals surface area contributed by atoms with Crippen LogP contribution < -0.4 is 10.5 Å². The number of benzene rings is 1. The van der Waals surface area contributed by atoms with Gasteiger partial charge >= 0.3 is 0 Å². The minimum atomic E-state index is -3.83. The van der Waals surface area contributed by atoms with Gasteiger partial charge in [0.25, 0.3) is 5.91 Å². The standard InChI is InChI=1S/C17H17ClFN3O4S/c18-14-9-13(3-4-15(14)19)27(24,25)22-7-1-2-12(10-22)26-11-5-6-21-16(8-11)17(20)23/h3-6,8-9,12H,1-2,7,10H2,(H2,20,23). The summed E-state index contributed by atoms with van der Waals surface area (Å²) in [6.45, 7) is 0.436. The summed E-state index contributed by atoms with van der Waals surface area (Å²) in [5, 5.41) is -0.253. The van der Waals surface area contributed by atoms with E-state index in [1.165, 1.54) is 22.6 Å². The molecule has 7 nitrogen and oxygen atoms in total. The number of aromatic nitrogens is 1. The molecule has 3 rings (SSSR count). The summed E-state index contributed by atoms with van der Waals surface area (Å²) in [6, 6.07) is 6.28. The van der Waals surface area contributed by atoms with E-state index in [2.05, 4.69) is 4.98 Å². The molecule has 27 heavy (non-hydrogen) atoms. The fourth-order valence-corrected chi connectivity index (χ4v) is 4.60. The number of rotatable bonds is 5. The van der Waals surface area contributed by atoms with Gasteiger partial charge in [0.2, 0.25) is 10.0 Å². The highest BCUT2D eigenvalue weighted by Crippen LogP contribution is 2.26. The van der Waals surface area contributed by atoms with Crippen molar-refractivity contribution in [2.45, 2.75) is 23.8 Å². The van der Waals surface area contributed by atoms with Crippen molar-refractivity contribution in [1.29, 1.82) is 0 Å². The molecule has 1 aliphatic rings. The lowest BCUT2D eigenvalue weighted by Gasteiger charge is -2.32. The number of carbonyl (C=O) groups excluding carboxylic acids is 1. The first-order valence-electron chi connectivity index (χ1n) is 8.15. The van der Waals surface area contributed by atoms with E-state index in [9.17, 15) is 17.6 Å². The molecule has 1 fully saturated rings. The number of nitrogens with zero attached hydrogens (tertiary/aromatic N) is 2. The van der Waals surface area contributed by atoms with Gasteiger partial charge in [0.15, 0.2) is 0 Å². The zero-order chi connectivity index (χ0) is 19.6. The molecule has 1 amide bonds. The molecule has 2 heterocycles. The minimum Gasteiger partial charge on any atom is -0.489 e. The van der Waals surface area contributed by atoms with E-state index >= 15 is 0 Å². The Morgan fingerprint density at radius 3 is 2.81 bits per heavy atom. The maximum Gasteiger partial charge on any atom is 0.267 e. The lowest BCUT2D eigenvalue weighted by molar-refractivity contribution is 0.0993. The number of ether oxygens (including phenoxy) is 1. The van der Waals surface area contributed by atoms with Gasteiger partial charge in [-0.3, -0.25) is 9.78 Å². The van der Waals surface area contributed by atoms with Crippen LogP contribution in [0.4, 0.5) is 4.39 Å². The fourth-order valence-electron chi connectivity index (χ4n) is 2.82. The highest BCUT2D eigenvalue weighted by Gasteiger charge is 2.31. The second kappa shape index (κ2) is 7.79. The van der Waals surface area contributed by atoms with E-state index in [0.717, 1.165) is 12.1 Å². The van der Waals surface area contributed by atoms with Crippen molar-refractivity contribution in [2.75, 3.05) is 13.1 Å². The zero-order valence-electron chi connectivity index (χ0n) is 14.1. The third-order valence-electron chi connectivity index (χ3n) is 4.16. The Balaban J connectivity index is 1.76. The Hall–Kier alpha value is -2.23. The molecule has 1 saturated heterocycles. The average Bonchev–Trinajstić information content (AvgIpc) is 2.64. The minimum absolute atomic E-state index is 0.0636. The van der Waals surface area contributed by atoms with E-state index in [1.807, 2.05) is 0 Å². The van der Waals surface area contributed by atoms with Gasteiger partial charge in [0.1, 0.15) is 23.4 Å². The van der Waals surface area contributed by atoms with Crippen molar-refractivity contribution >= 4 is 27.5 Å². The summed E-state index contributed by atoms with van der Waals surface area (Å²) in [4.78, 5) is 15.0. The number of halogens is 2. The number of pyridine rings is 1. The molecule has 1 aromatic carbocycles. The van der Waals surface area contributed by atoms with Crippen molar-refractivity contribution in [2.24, 2.45) is 5.73 Å². The summed E-state index contributed by atoms with van der Waals surface area (Å²) in [7, 11) is -3.83. The second-order valence-corrected chi connectivity index (χ2v) is 8.41. The molecule has 1 atom stereocenters. The van der Waals surface area contributed by atoms with Crippen molar-refractivity contribution in [1.82, 2.24) is 9.29 Å². The Bertz CT molecular complexity index is 970. The van der Waals surface area contributed by atoms with Gasteiger partial charge in [-0.25, -0.2) is 12.8 Å². The summed E-state index contributed by atoms with van der Waals surface area (Å²) < 4.78 is 46.0. The molecule has 1 aromatic heterocycles. The van der Waals surface area contributed by atoms with Gasteiger partial charge in [0, 0.05) is 18.8 Å². The lowest BCUT2D eigenvalue weighted by Crippen LogP contribution is -2.44. The first-order chi connectivity index (χ1) is 12.8. The lowest BCUT2D eigenvalue weighted by atomic mass is 10.1. The molecule has 144 valence electrons. The molecule has 0 bridgehead atoms. The fraction of sp³-hybridized carbons (Fsp3) is 0.294. The van der Waals surface area contributed by atoms with Crippen LogP contribution in [-0.2, 0) is 10.0 Å². The number of primary amides is 1. The van der Waals surface area contributed by atoms with Crippen molar-refractivity contribution in [3.8, 4) is 5.75 Å². The van der Waals surface area contributed by atoms with E-state index in [0.29, 0.717) is 25.1 Å². The smallest absolute Gasteiger partial charge is 0.267 e. The molecular formula is C17H17ClFN3O4S. The number of piperidine rings is 1. The Kier molecular flexibility index (Phi) is 5.64. The monoisotopic (exact) mass is 413 g/mol. The van der Waals surface area contributed by atoms with Gasteiger partial charge < -0.3 is 10.5 Å². The van der Waals surface area contributed by atoms with Crippen molar-refractivity contribution in [3.05, 3.63) is 53.1 Å². The summed E-state index contributed by atoms with van der Waals surface area (Å²) in [5.74, 6) is -0.979. The number of nitrogens with two attached hydrogens (primary N) is 1. The van der Waals surface area contributed by atoms with Crippen LogP contribution in [0.1, 0.15) is 23.3 Å². The maximum atomic E-state index is 13.3. The zero-order valence-corrected chi connectivity index (χ0v) is 15.7. The van der Waals surface area contributed by atoms with Gasteiger partial charge in [-0.2, -0.15) is 4.31 Å². The summed E-state index contributed by atoms with van der Waals surface area (Å²) >= 11 is 5.71. The molecule has 1 aliphatic heterocycles. The van der Waals surface area contributed by atoms with Crippen LogP contribution in [0.25, 0.3) is 0 Å². The quantitative estimate of drug-likeness (QED) is 0.809. The summed E-state index contributed by atoms with van der Waals surface area (Å²) in [5.41, 5.74) is 5.26. The molecule has 0 saturated carbocycles. The van der Waals surface area contributed by atoms with Crippen LogP contribution in [0.15, 0.2) is 41.4 Å². The Morgan fingerprint density at radius 1 is 1.33 bits per heavy atom. The summed E-state index contributed by atoms with van der Waals surface area (Å²) in [6.07, 6.45) is 2.22. The van der Waals surface area contributed by atoms with Gasteiger partial charge in [-0.1, -0.05) is 11.6 Å². The largest absolute Gasteiger partial charge is 0.489 e. The van der Waals surface area contributed by atoms with Crippen LogP contribution in [-0.4, -0.2) is 42.8 Å². The third-order valence-corrected chi connectivity index (χ3v) is 6.31. The average molecular weight is 414 g/mol. The molecular weight excluding hydrogens is 397 g/mol. The Labute approximate surface area is 160 Å². The number of carbonyl (C=O) groups is 1. The molecule has 2 N–H and O–H groups in total. The molecule has 0 spiro atoms. The van der Waals surface area contributed by atoms with Crippen LogP contribution in [0.5, 0.6) is 5.75 Å². The van der Waals surface area contributed by atoms with Crippen molar-refractivity contribution < 1.29 is 22.3 Å². The predicted octanol–water partition coefficient (Wildman–Crippen LogP) is 2.21. The normalized spacial score (nSPS) is 18.2. The highest BCUT2D eigenvalue weighted by molar-refractivity contribution is 7.89. The first-order valence-corrected chi connectivity index (χ1v) is 9.97. The van der Waals surface area contributed by atoms with E-state index in [1.54, 1.807) is 6.07 Å². The number of sulfonamides is 1. The number of hydrogen-bond acceptors (Lipinski definition) is 5. The van der Waals surface area contributed by atoms with Gasteiger partial charge in [-0.15, -0.1) is 0 Å². The van der Waals surface area contributed by atoms with E-state index < -0.39 is 27.9 Å². The molecule has 1 unspecified atom stereocenters. The highest BCUT2D eigenvalue weighted by atomic mass is 35.5. The second-order valence-electron chi connectivity index (χ2n) is 6.06. The van der Waals surface area contributed by atoms with Crippen molar-refractivity contribution in [3.63, 3.8) is 0 Å². The van der Waals surface area contributed by atoms with Crippen LogP contribution >= 0.6 is 11.6 Å². The SMILES string of the molecule is NC(=O)c1cc(OC2CCCN(S(=O)(=O)c3ccc(F)c(Cl)c3)C2)ccn1. The van der Waals surface area contributed by atoms with Gasteiger partial charge in [0.05, 0.1) is 16.5 Å². The molecule has 10 heteroatoms. The predicted molar refractivity (Wildman–Crippen MR) is 96.6 cm³/mol. The topological polar surface area (TPSA) is 103 Å². The van der Waals surface area contributed by atoms with Crippen LogP contribution in [0.2, 0.25) is 5.02 Å². The van der Waals surface area contributed by atoms with Gasteiger partial charge in [-0.05, 0) is 37.1 Å². The van der Waals surface area contributed by atoms with E-state index in [-0.39, 0.29) is 22.2 Å². The number of hydrogen-bond donors (Lipinski definition) is 1. The molecule has 2 aromatic rings. The van der Waals surface area contributed by atoms with Crippen LogP contribution in [0.3, 0.4) is 0 Å². The van der Waals surface area contributed by atoms with Crippen LogP contribution in [0, 0.1) is 5.82 Å². The Morgan fingerprint density at radius 2 is 2.11 bits per heavy atom. The maximum absolute atomic E-state index is 13.3. The third kappa shape index (κ3) is 4.37. The van der Waals surface area contributed by atoms with E-state index in [4.69, 9.17) is 22.1 Å². The molecule has 0 aliphatic carbocycles. The molecule has 0 radical (unpaired) electrons.